The summed E-state index contributed by atoms with van der Waals surface area (Å²) in [6.07, 6.45) is 2.43. The molecule has 1 atom stereocenters. The number of aliphatic hydroxyl groups excluding tert-OH is 1. The zero-order valence-electron chi connectivity index (χ0n) is 8.85. The molecule has 0 aliphatic carbocycles. The number of halogens is 2. The maximum atomic E-state index is 13.2. The summed E-state index contributed by atoms with van der Waals surface area (Å²) in [6.45, 7) is 0. The van der Waals surface area contributed by atoms with E-state index in [-0.39, 0.29) is 11.4 Å². The highest BCUT2D eigenvalue weighted by Gasteiger charge is 2.12. The molecule has 0 aliphatic heterocycles. The summed E-state index contributed by atoms with van der Waals surface area (Å²) in [5.41, 5.74) is 1.19. The number of benzene rings is 1. The van der Waals surface area contributed by atoms with Crippen molar-refractivity contribution in [2.75, 3.05) is 0 Å². The van der Waals surface area contributed by atoms with E-state index in [2.05, 4.69) is 10.2 Å². The minimum absolute atomic E-state index is 0.0496. The normalized spacial score (nSPS) is 12.4. The molecular formula is C12H10ClFN2O. The minimum atomic E-state index is -0.773. The van der Waals surface area contributed by atoms with E-state index in [4.69, 9.17) is 11.6 Å². The number of aromatic nitrogens is 2. The van der Waals surface area contributed by atoms with Crippen LogP contribution < -0.4 is 0 Å². The fourth-order valence-electron chi connectivity index (χ4n) is 1.53. The fourth-order valence-corrected chi connectivity index (χ4v) is 1.73. The Morgan fingerprint density at radius 3 is 2.82 bits per heavy atom. The van der Waals surface area contributed by atoms with Crippen LogP contribution in [0.3, 0.4) is 0 Å². The molecule has 0 fully saturated rings. The van der Waals surface area contributed by atoms with Crippen molar-refractivity contribution in [1.82, 2.24) is 10.2 Å². The van der Waals surface area contributed by atoms with Crippen LogP contribution in [0, 0.1) is 5.82 Å². The van der Waals surface area contributed by atoms with Gasteiger partial charge in [0.1, 0.15) is 5.82 Å². The van der Waals surface area contributed by atoms with Crippen molar-refractivity contribution >= 4 is 11.6 Å². The second kappa shape index (κ2) is 5.21. The number of nitrogens with zero attached hydrogens (tertiary/aromatic N) is 2. The third-order valence-electron chi connectivity index (χ3n) is 2.44. The summed E-state index contributed by atoms with van der Waals surface area (Å²) in [5.74, 6) is -0.482. The van der Waals surface area contributed by atoms with Crippen LogP contribution in [0.2, 0.25) is 5.02 Å². The molecule has 1 heterocycles. The molecule has 17 heavy (non-hydrogen) atoms. The maximum absolute atomic E-state index is 13.2. The lowest BCUT2D eigenvalue weighted by Gasteiger charge is -2.11. The van der Waals surface area contributed by atoms with Gasteiger partial charge in [-0.1, -0.05) is 23.7 Å². The van der Waals surface area contributed by atoms with Crippen molar-refractivity contribution in [2.24, 2.45) is 0 Å². The summed E-state index contributed by atoms with van der Waals surface area (Å²) in [4.78, 5) is 0. The Kier molecular flexibility index (Phi) is 3.66. The van der Waals surface area contributed by atoms with Crippen LogP contribution in [0.25, 0.3) is 0 Å². The number of aliphatic hydroxyl groups is 1. The first-order valence-corrected chi connectivity index (χ1v) is 5.44. The van der Waals surface area contributed by atoms with Crippen molar-refractivity contribution in [3.05, 3.63) is 58.6 Å². The summed E-state index contributed by atoms with van der Waals surface area (Å²) in [6, 6.07) is 6.19. The molecule has 1 aromatic carbocycles. The van der Waals surface area contributed by atoms with Crippen LogP contribution in [0.15, 0.2) is 36.7 Å². The fraction of sp³-hybridized carbons (Fsp3) is 0.167. The van der Waals surface area contributed by atoms with Crippen LogP contribution in [0.1, 0.15) is 17.2 Å². The lowest BCUT2D eigenvalue weighted by Crippen LogP contribution is -2.03. The number of rotatable bonds is 3. The molecule has 88 valence electrons. The number of hydrogen-bond donors (Lipinski definition) is 1. The molecule has 0 amide bonds. The van der Waals surface area contributed by atoms with Crippen molar-refractivity contribution in [1.29, 1.82) is 0 Å². The smallest absolute Gasteiger partial charge is 0.142 e. The third-order valence-corrected chi connectivity index (χ3v) is 2.86. The zero-order chi connectivity index (χ0) is 12.3. The first-order valence-electron chi connectivity index (χ1n) is 5.06. The minimum Gasteiger partial charge on any atom is -0.388 e. The highest BCUT2D eigenvalue weighted by molar-refractivity contribution is 6.31. The van der Waals surface area contributed by atoms with Crippen LogP contribution >= 0.6 is 11.6 Å². The lowest BCUT2D eigenvalue weighted by atomic mass is 10.0. The topological polar surface area (TPSA) is 46.0 Å². The Hall–Kier alpha value is -1.52. The first kappa shape index (κ1) is 12.0. The van der Waals surface area contributed by atoms with Gasteiger partial charge in [0.2, 0.25) is 0 Å². The summed E-state index contributed by atoms with van der Waals surface area (Å²) in [7, 11) is 0. The van der Waals surface area contributed by atoms with Gasteiger partial charge < -0.3 is 5.11 Å². The quantitative estimate of drug-likeness (QED) is 0.913. The molecule has 1 N–H and O–H groups in total. The molecule has 3 nitrogen and oxygen atoms in total. The van der Waals surface area contributed by atoms with E-state index in [1.807, 2.05) is 0 Å². The molecular weight excluding hydrogens is 243 g/mol. The van der Waals surface area contributed by atoms with Crippen molar-refractivity contribution < 1.29 is 9.50 Å². The molecule has 5 heteroatoms. The summed E-state index contributed by atoms with van der Waals surface area (Å²) in [5, 5.41) is 17.3. The average molecular weight is 253 g/mol. The maximum Gasteiger partial charge on any atom is 0.142 e. The van der Waals surface area contributed by atoms with E-state index in [9.17, 15) is 9.50 Å². The van der Waals surface area contributed by atoms with Crippen LogP contribution in [-0.2, 0) is 6.42 Å². The van der Waals surface area contributed by atoms with Crippen molar-refractivity contribution in [2.45, 2.75) is 12.5 Å². The molecule has 0 aliphatic rings. The molecule has 1 aromatic heterocycles. The third kappa shape index (κ3) is 2.78. The Morgan fingerprint density at radius 2 is 2.12 bits per heavy atom. The van der Waals surface area contributed by atoms with Crippen molar-refractivity contribution in [3.63, 3.8) is 0 Å². The van der Waals surface area contributed by atoms with Gasteiger partial charge in [0, 0.05) is 18.2 Å². The highest BCUT2D eigenvalue weighted by atomic mass is 35.5. The molecule has 0 spiro atoms. The zero-order valence-corrected chi connectivity index (χ0v) is 9.60. The van der Waals surface area contributed by atoms with Gasteiger partial charge in [-0.3, -0.25) is 0 Å². The Labute approximate surface area is 103 Å². The van der Waals surface area contributed by atoms with E-state index >= 15 is 0 Å². The second-order valence-electron chi connectivity index (χ2n) is 3.61. The Balaban J connectivity index is 2.19. The highest BCUT2D eigenvalue weighted by Crippen LogP contribution is 2.24. The molecule has 0 saturated carbocycles. The van der Waals surface area contributed by atoms with Crippen LogP contribution in [-0.4, -0.2) is 15.3 Å². The average Bonchev–Trinajstić information content (AvgIpc) is 2.36. The first-order chi connectivity index (χ1) is 8.18. The lowest BCUT2D eigenvalue weighted by molar-refractivity contribution is 0.177. The largest absolute Gasteiger partial charge is 0.388 e. The van der Waals surface area contributed by atoms with E-state index in [1.54, 1.807) is 18.2 Å². The number of hydrogen-bond acceptors (Lipinski definition) is 3. The van der Waals surface area contributed by atoms with E-state index < -0.39 is 11.9 Å². The summed E-state index contributed by atoms with van der Waals surface area (Å²) >= 11 is 5.81. The predicted octanol–water partition coefficient (Wildman–Crippen LogP) is 2.55. The standard InChI is InChI=1S/C12H10ClFN2O/c13-12-8(2-1-3-10(12)14)6-11(17)9-4-5-15-16-7-9/h1-5,7,11,17H,6H2. The van der Waals surface area contributed by atoms with E-state index in [1.165, 1.54) is 18.5 Å². The molecule has 2 aromatic rings. The summed E-state index contributed by atoms with van der Waals surface area (Å²) < 4.78 is 13.2. The van der Waals surface area contributed by atoms with Gasteiger partial charge in [-0.05, 0) is 17.7 Å². The van der Waals surface area contributed by atoms with Gasteiger partial charge >= 0.3 is 0 Å². The van der Waals surface area contributed by atoms with Crippen LogP contribution in [0.5, 0.6) is 0 Å². The predicted molar refractivity (Wildman–Crippen MR) is 62.1 cm³/mol. The van der Waals surface area contributed by atoms with Crippen molar-refractivity contribution in [3.8, 4) is 0 Å². The monoisotopic (exact) mass is 252 g/mol. The second-order valence-corrected chi connectivity index (χ2v) is 3.99. The van der Waals surface area contributed by atoms with Gasteiger partial charge in [0.15, 0.2) is 0 Å². The van der Waals surface area contributed by atoms with Gasteiger partial charge in [-0.2, -0.15) is 10.2 Å². The Morgan fingerprint density at radius 1 is 1.29 bits per heavy atom. The molecule has 0 bridgehead atoms. The van der Waals surface area contributed by atoms with Crippen LogP contribution in [0.4, 0.5) is 4.39 Å². The van der Waals surface area contributed by atoms with E-state index in [0.717, 1.165) is 0 Å². The molecule has 1 unspecified atom stereocenters. The molecule has 2 rings (SSSR count). The van der Waals surface area contributed by atoms with Gasteiger partial charge in [0.25, 0.3) is 0 Å². The molecule has 0 saturated heterocycles. The van der Waals surface area contributed by atoms with Gasteiger partial charge in [-0.25, -0.2) is 4.39 Å². The molecule has 0 radical (unpaired) electrons. The van der Waals surface area contributed by atoms with E-state index in [0.29, 0.717) is 11.1 Å². The van der Waals surface area contributed by atoms with Gasteiger partial charge in [0.05, 0.1) is 17.3 Å². The Bertz CT molecular complexity index is 507. The SMILES string of the molecule is OC(Cc1cccc(F)c1Cl)c1ccnnc1. The van der Waals surface area contributed by atoms with Gasteiger partial charge in [-0.15, -0.1) is 0 Å².